The SMILES string of the molecule is CC1CCNC(C)C1NC(=O)C1C2C3CCC(C3)C12.Cl. The van der Waals surface area contributed by atoms with Crippen LogP contribution in [0.25, 0.3) is 0 Å². The summed E-state index contributed by atoms with van der Waals surface area (Å²) in [6.07, 6.45) is 5.40. The van der Waals surface area contributed by atoms with E-state index in [0.29, 0.717) is 29.8 Å². The number of nitrogens with one attached hydrogen (secondary N) is 2. The van der Waals surface area contributed by atoms with Gasteiger partial charge in [-0.3, -0.25) is 4.79 Å². The van der Waals surface area contributed by atoms with Crippen molar-refractivity contribution in [3.05, 3.63) is 0 Å². The molecule has 114 valence electrons. The summed E-state index contributed by atoms with van der Waals surface area (Å²) in [6.45, 7) is 5.57. The molecule has 4 heteroatoms. The zero-order valence-electron chi connectivity index (χ0n) is 12.5. The summed E-state index contributed by atoms with van der Waals surface area (Å²) in [5, 5.41) is 6.87. The molecular formula is C16H27ClN2O. The Morgan fingerprint density at radius 1 is 1.10 bits per heavy atom. The number of piperidine rings is 1. The zero-order valence-corrected chi connectivity index (χ0v) is 13.3. The Hall–Kier alpha value is -0.280. The predicted octanol–water partition coefficient (Wildman–Crippen LogP) is 2.20. The number of amides is 1. The van der Waals surface area contributed by atoms with Gasteiger partial charge in [0.1, 0.15) is 0 Å². The molecule has 0 aromatic heterocycles. The van der Waals surface area contributed by atoms with Crippen molar-refractivity contribution in [2.24, 2.45) is 35.5 Å². The Balaban J connectivity index is 0.00000121. The highest BCUT2D eigenvalue weighted by molar-refractivity contribution is 5.85. The first-order chi connectivity index (χ1) is 9.16. The Bertz CT molecular complexity index is 376. The van der Waals surface area contributed by atoms with Gasteiger partial charge in [0.25, 0.3) is 0 Å². The van der Waals surface area contributed by atoms with E-state index < -0.39 is 0 Å². The molecule has 1 aliphatic heterocycles. The van der Waals surface area contributed by atoms with Crippen molar-refractivity contribution in [2.75, 3.05) is 6.54 Å². The van der Waals surface area contributed by atoms with Crippen molar-refractivity contribution in [3.8, 4) is 0 Å². The lowest BCUT2D eigenvalue weighted by Gasteiger charge is -2.36. The van der Waals surface area contributed by atoms with E-state index in [0.717, 1.165) is 30.2 Å². The van der Waals surface area contributed by atoms with E-state index in [1.54, 1.807) is 0 Å². The van der Waals surface area contributed by atoms with Gasteiger partial charge in [-0.2, -0.15) is 0 Å². The minimum atomic E-state index is 0. The highest BCUT2D eigenvalue weighted by Crippen LogP contribution is 2.69. The molecule has 0 aromatic rings. The Labute approximate surface area is 128 Å². The van der Waals surface area contributed by atoms with Crippen LogP contribution in [0, 0.1) is 35.5 Å². The average Bonchev–Trinajstić information content (AvgIpc) is 2.83. The maximum Gasteiger partial charge on any atom is 0.223 e. The molecule has 2 bridgehead atoms. The highest BCUT2D eigenvalue weighted by Gasteiger charge is 2.67. The average molecular weight is 299 g/mol. The molecule has 3 saturated carbocycles. The second-order valence-electron chi connectivity index (χ2n) is 7.56. The van der Waals surface area contributed by atoms with Gasteiger partial charge in [0.05, 0.1) is 0 Å². The van der Waals surface area contributed by atoms with E-state index >= 15 is 0 Å². The summed E-state index contributed by atoms with van der Waals surface area (Å²) in [7, 11) is 0. The molecule has 0 aromatic carbocycles. The fourth-order valence-corrected chi connectivity index (χ4v) is 5.54. The molecule has 4 fully saturated rings. The van der Waals surface area contributed by atoms with Gasteiger partial charge >= 0.3 is 0 Å². The summed E-state index contributed by atoms with van der Waals surface area (Å²) in [6, 6.07) is 0.753. The van der Waals surface area contributed by atoms with Crippen LogP contribution in [-0.4, -0.2) is 24.5 Å². The van der Waals surface area contributed by atoms with Gasteiger partial charge in [0.2, 0.25) is 5.91 Å². The fourth-order valence-electron chi connectivity index (χ4n) is 5.54. The molecule has 2 N–H and O–H groups in total. The van der Waals surface area contributed by atoms with Crippen LogP contribution in [0.5, 0.6) is 0 Å². The van der Waals surface area contributed by atoms with E-state index in [1.165, 1.54) is 25.7 Å². The molecule has 1 saturated heterocycles. The van der Waals surface area contributed by atoms with Crippen molar-refractivity contribution in [3.63, 3.8) is 0 Å². The Morgan fingerprint density at radius 3 is 2.35 bits per heavy atom. The fraction of sp³-hybridized carbons (Fsp3) is 0.938. The van der Waals surface area contributed by atoms with Crippen molar-refractivity contribution >= 4 is 18.3 Å². The first-order valence-corrected chi connectivity index (χ1v) is 8.20. The lowest BCUT2D eigenvalue weighted by molar-refractivity contribution is -0.124. The second-order valence-corrected chi connectivity index (χ2v) is 7.56. The minimum Gasteiger partial charge on any atom is -0.351 e. The monoisotopic (exact) mass is 298 g/mol. The molecule has 0 spiro atoms. The highest BCUT2D eigenvalue weighted by atomic mass is 35.5. The van der Waals surface area contributed by atoms with Gasteiger partial charge in [-0.25, -0.2) is 0 Å². The molecule has 0 radical (unpaired) electrons. The quantitative estimate of drug-likeness (QED) is 0.821. The summed E-state index contributed by atoms with van der Waals surface area (Å²) in [5.74, 6) is 4.68. The van der Waals surface area contributed by atoms with Crippen LogP contribution in [-0.2, 0) is 4.79 Å². The van der Waals surface area contributed by atoms with E-state index in [-0.39, 0.29) is 12.4 Å². The van der Waals surface area contributed by atoms with Crippen molar-refractivity contribution < 1.29 is 4.79 Å². The lowest BCUT2D eigenvalue weighted by atomic mass is 9.88. The molecular weight excluding hydrogens is 272 g/mol. The van der Waals surface area contributed by atoms with Gasteiger partial charge in [-0.15, -0.1) is 12.4 Å². The third kappa shape index (κ3) is 2.09. The standard InChI is InChI=1S/C16H26N2O.ClH/c1-8-5-6-17-9(2)15(8)18-16(19)14-12-10-3-4-11(7-10)13(12)14;/h8-15,17H,3-7H2,1-2H3,(H,18,19);1H. The van der Waals surface area contributed by atoms with Gasteiger partial charge < -0.3 is 10.6 Å². The minimum absolute atomic E-state index is 0. The van der Waals surface area contributed by atoms with E-state index in [4.69, 9.17) is 0 Å². The lowest BCUT2D eigenvalue weighted by Crippen LogP contribution is -2.56. The van der Waals surface area contributed by atoms with Crippen molar-refractivity contribution in [1.82, 2.24) is 10.6 Å². The first-order valence-electron chi connectivity index (χ1n) is 8.20. The predicted molar refractivity (Wildman–Crippen MR) is 81.7 cm³/mol. The summed E-state index contributed by atoms with van der Waals surface area (Å²) in [4.78, 5) is 12.6. The van der Waals surface area contributed by atoms with Crippen LogP contribution in [0.3, 0.4) is 0 Å². The van der Waals surface area contributed by atoms with Gasteiger partial charge in [0.15, 0.2) is 0 Å². The second kappa shape index (κ2) is 5.17. The number of carbonyl (C=O) groups is 1. The molecule has 4 rings (SSSR count). The molecule has 1 amide bonds. The van der Waals surface area contributed by atoms with E-state index in [9.17, 15) is 4.79 Å². The van der Waals surface area contributed by atoms with Crippen LogP contribution in [0.2, 0.25) is 0 Å². The van der Waals surface area contributed by atoms with E-state index in [1.807, 2.05) is 0 Å². The Morgan fingerprint density at radius 2 is 1.75 bits per heavy atom. The molecule has 7 atom stereocenters. The topological polar surface area (TPSA) is 41.1 Å². The number of rotatable bonds is 2. The van der Waals surface area contributed by atoms with E-state index in [2.05, 4.69) is 24.5 Å². The van der Waals surface area contributed by atoms with Crippen molar-refractivity contribution in [1.29, 1.82) is 0 Å². The summed E-state index contributed by atoms with van der Waals surface area (Å²) < 4.78 is 0. The van der Waals surface area contributed by atoms with Crippen LogP contribution in [0.1, 0.15) is 39.5 Å². The molecule has 1 heterocycles. The maximum absolute atomic E-state index is 12.6. The summed E-state index contributed by atoms with van der Waals surface area (Å²) >= 11 is 0. The molecule has 7 unspecified atom stereocenters. The number of hydrogen-bond acceptors (Lipinski definition) is 2. The molecule has 20 heavy (non-hydrogen) atoms. The number of hydrogen-bond donors (Lipinski definition) is 2. The molecule has 3 aliphatic carbocycles. The van der Waals surface area contributed by atoms with Crippen LogP contribution in [0.15, 0.2) is 0 Å². The van der Waals surface area contributed by atoms with Gasteiger partial charge in [0, 0.05) is 18.0 Å². The van der Waals surface area contributed by atoms with Crippen LogP contribution >= 0.6 is 12.4 Å². The zero-order chi connectivity index (χ0) is 13.1. The maximum atomic E-state index is 12.6. The number of carbonyl (C=O) groups excluding carboxylic acids is 1. The smallest absolute Gasteiger partial charge is 0.223 e. The van der Waals surface area contributed by atoms with Crippen molar-refractivity contribution in [2.45, 2.75) is 51.6 Å². The van der Waals surface area contributed by atoms with Gasteiger partial charge in [-0.05, 0) is 68.7 Å². The normalized spacial score (nSPS) is 52.1. The van der Waals surface area contributed by atoms with Crippen LogP contribution in [0.4, 0.5) is 0 Å². The van der Waals surface area contributed by atoms with Crippen LogP contribution < -0.4 is 10.6 Å². The summed E-state index contributed by atoms with van der Waals surface area (Å²) in [5.41, 5.74) is 0. The first kappa shape index (κ1) is 14.6. The largest absolute Gasteiger partial charge is 0.351 e. The Kier molecular flexibility index (Phi) is 3.79. The third-order valence-electron chi connectivity index (χ3n) is 6.56. The number of fused-ring (bicyclic) bond motifs is 5. The third-order valence-corrected chi connectivity index (χ3v) is 6.56. The molecule has 3 nitrogen and oxygen atoms in total. The number of halogens is 1. The molecule has 4 aliphatic rings. The van der Waals surface area contributed by atoms with Gasteiger partial charge in [-0.1, -0.05) is 6.92 Å².